The van der Waals surface area contributed by atoms with E-state index in [9.17, 15) is 0 Å². The normalized spacial score (nSPS) is 11.3. The van der Waals surface area contributed by atoms with Crippen molar-refractivity contribution in [2.24, 2.45) is 4.99 Å². The molecular weight excluding hydrogens is 280 g/mol. The van der Waals surface area contributed by atoms with Gasteiger partial charge in [0.2, 0.25) is 5.13 Å². The van der Waals surface area contributed by atoms with Gasteiger partial charge in [-0.1, -0.05) is 30.4 Å². The molecule has 0 saturated carbocycles. The molecule has 2 aromatic carbocycles. The van der Waals surface area contributed by atoms with E-state index >= 15 is 0 Å². The minimum Gasteiger partial charge on any atom is -0.494 e. The fourth-order valence-corrected chi connectivity index (χ4v) is 2.73. The fourth-order valence-electron chi connectivity index (χ4n) is 1.92. The lowest BCUT2D eigenvalue weighted by Gasteiger charge is -2.03. The maximum absolute atomic E-state index is 5.56. The zero-order valence-corrected chi connectivity index (χ0v) is 12.6. The van der Waals surface area contributed by atoms with Crippen molar-refractivity contribution in [2.75, 3.05) is 6.61 Å². The van der Waals surface area contributed by atoms with Gasteiger partial charge in [-0.25, -0.2) is 9.98 Å². The predicted octanol–water partition coefficient (Wildman–Crippen LogP) is 4.84. The number of thiazole rings is 1. The maximum atomic E-state index is 5.56. The van der Waals surface area contributed by atoms with Gasteiger partial charge in [0, 0.05) is 6.21 Å². The Morgan fingerprint density at radius 1 is 1.14 bits per heavy atom. The number of ether oxygens (including phenoxy) is 1. The van der Waals surface area contributed by atoms with E-state index in [1.54, 1.807) is 11.3 Å². The van der Waals surface area contributed by atoms with Crippen LogP contribution in [0.25, 0.3) is 10.2 Å². The maximum Gasteiger partial charge on any atom is 0.210 e. The first-order chi connectivity index (χ1) is 10.3. The second-order valence-corrected chi connectivity index (χ2v) is 5.65. The number of fused-ring (bicyclic) bond motifs is 1. The summed E-state index contributed by atoms with van der Waals surface area (Å²) >= 11 is 1.60. The van der Waals surface area contributed by atoms with Crippen molar-refractivity contribution < 1.29 is 4.74 Å². The average molecular weight is 296 g/mol. The van der Waals surface area contributed by atoms with Crippen molar-refractivity contribution in [2.45, 2.75) is 13.3 Å². The Bertz CT molecular complexity index is 714. The summed E-state index contributed by atoms with van der Waals surface area (Å²) < 4.78 is 6.72. The monoisotopic (exact) mass is 296 g/mol. The Morgan fingerprint density at radius 3 is 2.71 bits per heavy atom. The zero-order chi connectivity index (χ0) is 14.5. The zero-order valence-electron chi connectivity index (χ0n) is 11.8. The molecule has 0 aliphatic heterocycles. The van der Waals surface area contributed by atoms with Crippen LogP contribution in [0.1, 0.15) is 18.9 Å². The van der Waals surface area contributed by atoms with E-state index in [1.165, 1.54) is 0 Å². The van der Waals surface area contributed by atoms with E-state index in [1.807, 2.05) is 48.7 Å². The molecule has 0 aliphatic carbocycles. The van der Waals surface area contributed by atoms with Crippen molar-refractivity contribution in [3.05, 3.63) is 54.1 Å². The molecule has 0 bridgehead atoms. The quantitative estimate of drug-likeness (QED) is 0.632. The van der Waals surface area contributed by atoms with E-state index in [0.29, 0.717) is 0 Å². The van der Waals surface area contributed by atoms with Gasteiger partial charge in [0.25, 0.3) is 0 Å². The molecule has 0 N–H and O–H groups in total. The number of para-hydroxylation sites is 1. The molecule has 3 nitrogen and oxygen atoms in total. The number of aromatic nitrogens is 1. The van der Waals surface area contributed by atoms with Crippen LogP contribution in [0.15, 0.2) is 53.5 Å². The molecule has 3 aromatic rings. The summed E-state index contributed by atoms with van der Waals surface area (Å²) in [6, 6.07) is 16.0. The smallest absolute Gasteiger partial charge is 0.210 e. The minimum absolute atomic E-state index is 0.749. The van der Waals surface area contributed by atoms with Gasteiger partial charge in [0.15, 0.2) is 0 Å². The van der Waals surface area contributed by atoms with Gasteiger partial charge >= 0.3 is 0 Å². The summed E-state index contributed by atoms with van der Waals surface area (Å²) in [4.78, 5) is 8.93. The highest BCUT2D eigenvalue weighted by molar-refractivity contribution is 7.22. The van der Waals surface area contributed by atoms with E-state index in [0.717, 1.165) is 39.7 Å². The molecule has 0 saturated heterocycles. The molecule has 1 aromatic heterocycles. The molecule has 4 heteroatoms. The lowest BCUT2D eigenvalue weighted by Crippen LogP contribution is -1.94. The Hall–Kier alpha value is -2.20. The third-order valence-corrected chi connectivity index (χ3v) is 3.90. The molecule has 0 unspecified atom stereocenters. The lowest BCUT2D eigenvalue weighted by molar-refractivity contribution is 0.317. The van der Waals surface area contributed by atoms with Gasteiger partial charge in [-0.2, -0.15) is 0 Å². The molecule has 0 atom stereocenters. The van der Waals surface area contributed by atoms with Crippen LogP contribution < -0.4 is 4.74 Å². The number of benzene rings is 2. The first-order valence-corrected chi connectivity index (χ1v) is 7.79. The summed E-state index contributed by atoms with van der Waals surface area (Å²) in [5.74, 6) is 0.897. The summed E-state index contributed by atoms with van der Waals surface area (Å²) in [5, 5.41) is 0.780. The number of hydrogen-bond acceptors (Lipinski definition) is 4. The van der Waals surface area contributed by atoms with Gasteiger partial charge in [0.05, 0.1) is 16.8 Å². The van der Waals surface area contributed by atoms with Crippen molar-refractivity contribution >= 4 is 32.9 Å². The number of nitrogens with zero attached hydrogens (tertiary/aromatic N) is 2. The van der Waals surface area contributed by atoms with Gasteiger partial charge < -0.3 is 4.74 Å². The first kappa shape index (κ1) is 13.8. The number of hydrogen-bond donors (Lipinski definition) is 0. The second kappa shape index (κ2) is 6.50. The van der Waals surface area contributed by atoms with Crippen LogP contribution in [0.5, 0.6) is 5.75 Å². The van der Waals surface area contributed by atoms with Crippen LogP contribution in [0.4, 0.5) is 5.13 Å². The van der Waals surface area contributed by atoms with Crippen molar-refractivity contribution in [3.63, 3.8) is 0 Å². The minimum atomic E-state index is 0.749. The highest BCUT2D eigenvalue weighted by Gasteiger charge is 2.00. The Labute approximate surface area is 127 Å². The lowest BCUT2D eigenvalue weighted by atomic mass is 10.2. The first-order valence-electron chi connectivity index (χ1n) is 6.97. The summed E-state index contributed by atoms with van der Waals surface area (Å²) in [7, 11) is 0. The third kappa shape index (κ3) is 3.47. The number of aliphatic imine (C=N–C) groups is 1. The predicted molar refractivity (Wildman–Crippen MR) is 89.1 cm³/mol. The molecule has 0 radical (unpaired) electrons. The van der Waals surface area contributed by atoms with Gasteiger partial charge in [-0.15, -0.1) is 0 Å². The highest BCUT2D eigenvalue weighted by Crippen LogP contribution is 2.27. The Kier molecular flexibility index (Phi) is 4.26. The van der Waals surface area contributed by atoms with Crippen LogP contribution in [0.3, 0.4) is 0 Å². The number of rotatable bonds is 5. The van der Waals surface area contributed by atoms with Crippen LogP contribution in [-0.2, 0) is 0 Å². The van der Waals surface area contributed by atoms with E-state index < -0.39 is 0 Å². The summed E-state index contributed by atoms with van der Waals surface area (Å²) in [5.41, 5.74) is 2.04. The molecule has 0 aliphatic rings. The molecule has 3 rings (SSSR count). The van der Waals surface area contributed by atoms with Crippen molar-refractivity contribution in [1.29, 1.82) is 0 Å². The fraction of sp³-hybridized carbons (Fsp3) is 0.176. The molecule has 0 fully saturated rings. The summed E-state index contributed by atoms with van der Waals surface area (Å²) in [6.07, 6.45) is 2.85. The molecule has 0 spiro atoms. The Morgan fingerprint density at radius 2 is 1.95 bits per heavy atom. The molecule has 0 amide bonds. The molecule has 106 valence electrons. The van der Waals surface area contributed by atoms with Crippen molar-refractivity contribution in [3.8, 4) is 5.75 Å². The molecule has 21 heavy (non-hydrogen) atoms. The highest BCUT2D eigenvalue weighted by atomic mass is 32.1. The molecular formula is C17H16N2OS. The second-order valence-electron chi connectivity index (χ2n) is 4.64. The molecule has 1 heterocycles. The Balaban J connectivity index is 1.73. The van der Waals surface area contributed by atoms with Crippen LogP contribution in [0.2, 0.25) is 0 Å². The third-order valence-electron chi connectivity index (χ3n) is 2.96. The van der Waals surface area contributed by atoms with Gasteiger partial charge in [-0.3, -0.25) is 0 Å². The average Bonchev–Trinajstić information content (AvgIpc) is 2.95. The SMILES string of the molecule is CCCOc1ccc(/C=N/c2nc3ccccc3s2)cc1. The summed E-state index contributed by atoms with van der Waals surface area (Å²) in [6.45, 7) is 2.85. The van der Waals surface area contributed by atoms with E-state index in [4.69, 9.17) is 4.74 Å². The van der Waals surface area contributed by atoms with E-state index in [2.05, 4.69) is 23.0 Å². The van der Waals surface area contributed by atoms with E-state index in [-0.39, 0.29) is 0 Å². The van der Waals surface area contributed by atoms with Crippen molar-refractivity contribution in [1.82, 2.24) is 4.98 Å². The topological polar surface area (TPSA) is 34.5 Å². The van der Waals surface area contributed by atoms with Crippen LogP contribution in [-0.4, -0.2) is 17.8 Å². The van der Waals surface area contributed by atoms with Gasteiger partial charge in [0.1, 0.15) is 5.75 Å². The van der Waals surface area contributed by atoms with Crippen LogP contribution in [0, 0.1) is 0 Å². The standard InChI is InChI=1S/C17H16N2OS/c1-2-11-20-14-9-7-13(8-10-14)12-18-17-19-15-5-3-4-6-16(15)21-17/h3-10,12H,2,11H2,1H3/b18-12+. The largest absolute Gasteiger partial charge is 0.494 e. The van der Waals surface area contributed by atoms with Gasteiger partial charge in [-0.05, 0) is 48.4 Å². The van der Waals surface area contributed by atoms with Crippen LogP contribution >= 0.6 is 11.3 Å².